The second kappa shape index (κ2) is 4.38. The molecule has 0 fully saturated rings. The van der Waals surface area contributed by atoms with Crippen LogP contribution in [-0.4, -0.2) is 21.3 Å². The predicted octanol–water partition coefficient (Wildman–Crippen LogP) is 3.06. The SMILES string of the molecule is O=C(c1nc(-c2ccccc2)oc1O)C(F)(F)Cl. The van der Waals surface area contributed by atoms with Crippen molar-refractivity contribution < 1.29 is 23.1 Å². The third-order valence-electron chi connectivity index (χ3n) is 2.10. The minimum Gasteiger partial charge on any atom is -0.479 e. The van der Waals surface area contributed by atoms with E-state index in [-0.39, 0.29) is 5.89 Å². The number of ketones is 1. The molecular formula is C11H6ClF2NO3. The first kappa shape index (κ1) is 12.5. The van der Waals surface area contributed by atoms with Crippen molar-refractivity contribution in [1.29, 1.82) is 0 Å². The van der Waals surface area contributed by atoms with Gasteiger partial charge in [-0.25, -0.2) is 4.98 Å². The van der Waals surface area contributed by atoms with Crippen LogP contribution in [0.2, 0.25) is 0 Å². The summed E-state index contributed by atoms with van der Waals surface area (Å²) in [4.78, 5) is 14.7. The average molecular weight is 274 g/mol. The summed E-state index contributed by atoms with van der Waals surface area (Å²) in [5, 5.41) is 5.15. The lowest BCUT2D eigenvalue weighted by molar-refractivity contribution is 0.0526. The summed E-state index contributed by atoms with van der Waals surface area (Å²) in [5.41, 5.74) is -0.460. The van der Waals surface area contributed by atoms with Crippen LogP contribution in [-0.2, 0) is 0 Å². The van der Waals surface area contributed by atoms with Gasteiger partial charge >= 0.3 is 11.3 Å². The maximum Gasteiger partial charge on any atom is 0.386 e. The van der Waals surface area contributed by atoms with Crippen LogP contribution >= 0.6 is 11.6 Å². The molecule has 0 saturated heterocycles. The summed E-state index contributed by atoms with van der Waals surface area (Å²) in [7, 11) is 0. The molecule has 0 radical (unpaired) electrons. The molecule has 0 atom stereocenters. The molecule has 2 rings (SSSR count). The van der Waals surface area contributed by atoms with E-state index in [1.807, 2.05) is 0 Å². The summed E-state index contributed by atoms with van der Waals surface area (Å²) < 4.78 is 30.0. The predicted molar refractivity (Wildman–Crippen MR) is 58.7 cm³/mol. The number of oxazole rings is 1. The first-order chi connectivity index (χ1) is 8.39. The van der Waals surface area contributed by atoms with E-state index in [1.54, 1.807) is 30.3 Å². The molecule has 4 nitrogen and oxygen atoms in total. The molecule has 0 aliphatic heterocycles. The minimum atomic E-state index is -4.14. The van der Waals surface area contributed by atoms with Crippen molar-refractivity contribution in [3.63, 3.8) is 0 Å². The maximum atomic E-state index is 12.6. The molecular weight excluding hydrogens is 268 g/mol. The Hall–Kier alpha value is -1.95. The number of aromatic hydroxyl groups is 1. The lowest BCUT2D eigenvalue weighted by Crippen LogP contribution is -2.21. The second-order valence-corrected chi connectivity index (χ2v) is 3.84. The van der Waals surface area contributed by atoms with Crippen LogP contribution in [0.1, 0.15) is 10.5 Å². The summed E-state index contributed by atoms with van der Waals surface area (Å²) in [6.07, 6.45) is 0. The van der Waals surface area contributed by atoms with E-state index in [4.69, 9.17) is 4.42 Å². The fourth-order valence-electron chi connectivity index (χ4n) is 1.30. The van der Waals surface area contributed by atoms with Gasteiger partial charge in [0.2, 0.25) is 5.89 Å². The van der Waals surface area contributed by atoms with E-state index in [2.05, 4.69) is 16.6 Å². The molecule has 0 aliphatic rings. The van der Waals surface area contributed by atoms with Crippen LogP contribution in [0, 0.1) is 0 Å². The number of benzene rings is 1. The summed E-state index contributed by atoms with van der Waals surface area (Å²) in [5.74, 6) is -2.94. The molecule has 1 aromatic carbocycles. The van der Waals surface area contributed by atoms with Crippen molar-refractivity contribution in [2.75, 3.05) is 0 Å². The monoisotopic (exact) mass is 273 g/mol. The zero-order chi connectivity index (χ0) is 13.3. The van der Waals surface area contributed by atoms with Gasteiger partial charge in [0.15, 0.2) is 5.69 Å². The van der Waals surface area contributed by atoms with E-state index in [0.29, 0.717) is 5.56 Å². The Balaban J connectivity index is 2.43. The van der Waals surface area contributed by atoms with Gasteiger partial charge in [-0.1, -0.05) is 18.2 Å². The van der Waals surface area contributed by atoms with Gasteiger partial charge in [0.1, 0.15) is 0 Å². The molecule has 0 amide bonds. The highest BCUT2D eigenvalue weighted by Crippen LogP contribution is 2.32. The van der Waals surface area contributed by atoms with Gasteiger partial charge < -0.3 is 9.52 Å². The van der Waals surface area contributed by atoms with Crippen LogP contribution in [0.5, 0.6) is 5.95 Å². The van der Waals surface area contributed by atoms with Crippen molar-refractivity contribution in [1.82, 2.24) is 4.98 Å². The molecule has 0 aliphatic carbocycles. The normalized spacial score (nSPS) is 11.5. The van der Waals surface area contributed by atoms with E-state index in [0.717, 1.165) is 0 Å². The number of carbonyl (C=O) groups is 1. The number of Topliss-reactive ketones (excluding diaryl/α,β-unsaturated/α-hetero) is 1. The summed E-state index contributed by atoms with van der Waals surface area (Å²) in [6, 6.07) is 8.21. The Morgan fingerprint density at radius 1 is 1.33 bits per heavy atom. The fraction of sp³-hybridized carbons (Fsp3) is 0.0909. The zero-order valence-corrected chi connectivity index (χ0v) is 9.49. The quantitative estimate of drug-likeness (QED) is 0.689. The molecule has 18 heavy (non-hydrogen) atoms. The molecule has 0 bridgehead atoms. The zero-order valence-electron chi connectivity index (χ0n) is 8.73. The van der Waals surface area contributed by atoms with Gasteiger partial charge in [-0.15, -0.1) is 0 Å². The van der Waals surface area contributed by atoms with Crippen molar-refractivity contribution in [3.05, 3.63) is 36.0 Å². The molecule has 0 saturated carbocycles. The molecule has 94 valence electrons. The van der Waals surface area contributed by atoms with E-state index in [9.17, 15) is 18.7 Å². The topological polar surface area (TPSA) is 63.3 Å². The standard InChI is InChI=1S/C11H6ClF2NO3/c12-11(13,14)8(16)7-10(17)18-9(15-7)6-4-2-1-3-5-6/h1-5,17H. The van der Waals surface area contributed by atoms with Crippen LogP contribution < -0.4 is 0 Å². The molecule has 1 aromatic heterocycles. The average Bonchev–Trinajstić information content (AvgIpc) is 2.70. The lowest BCUT2D eigenvalue weighted by atomic mass is 10.2. The first-order valence-corrected chi connectivity index (χ1v) is 5.14. The third-order valence-corrected chi connectivity index (χ3v) is 2.27. The van der Waals surface area contributed by atoms with Crippen molar-refractivity contribution >= 4 is 17.4 Å². The number of halogens is 3. The fourth-order valence-corrected chi connectivity index (χ4v) is 1.39. The number of hydrogen-bond acceptors (Lipinski definition) is 4. The van der Waals surface area contributed by atoms with Crippen LogP contribution in [0.25, 0.3) is 11.5 Å². The number of hydrogen-bond donors (Lipinski definition) is 1. The first-order valence-electron chi connectivity index (χ1n) is 4.76. The molecule has 1 heterocycles. The van der Waals surface area contributed by atoms with Crippen LogP contribution in [0.3, 0.4) is 0 Å². The lowest BCUT2D eigenvalue weighted by Gasteiger charge is -2.02. The van der Waals surface area contributed by atoms with Crippen LogP contribution in [0.15, 0.2) is 34.7 Å². The smallest absolute Gasteiger partial charge is 0.386 e. The van der Waals surface area contributed by atoms with E-state index in [1.165, 1.54) is 0 Å². The highest BCUT2D eigenvalue weighted by Gasteiger charge is 2.41. The number of aromatic nitrogens is 1. The van der Waals surface area contributed by atoms with Gasteiger partial charge in [-0.2, -0.15) is 8.78 Å². The summed E-state index contributed by atoms with van der Waals surface area (Å²) >= 11 is 4.57. The molecule has 0 spiro atoms. The number of alkyl halides is 3. The van der Waals surface area contributed by atoms with Gasteiger partial charge in [0.05, 0.1) is 0 Å². The minimum absolute atomic E-state index is 0.141. The van der Waals surface area contributed by atoms with Gasteiger partial charge in [0, 0.05) is 5.56 Å². The molecule has 7 heteroatoms. The number of carbonyl (C=O) groups excluding carboxylic acids is 1. The molecule has 0 unspecified atom stereocenters. The summed E-state index contributed by atoms with van der Waals surface area (Å²) in [6.45, 7) is 0. The Bertz CT molecular complexity index is 578. The molecule has 1 N–H and O–H groups in total. The Kier molecular flexibility index (Phi) is 3.04. The number of rotatable bonds is 3. The third kappa shape index (κ3) is 2.33. The van der Waals surface area contributed by atoms with Crippen molar-refractivity contribution in [2.24, 2.45) is 0 Å². The Labute approximate surface area is 105 Å². The molecule has 2 aromatic rings. The van der Waals surface area contributed by atoms with E-state index < -0.39 is 22.8 Å². The highest BCUT2D eigenvalue weighted by atomic mass is 35.5. The van der Waals surface area contributed by atoms with Crippen LogP contribution in [0.4, 0.5) is 8.78 Å². The Morgan fingerprint density at radius 2 is 1.94 bits per heavy atom. The second-order valence-electron chi connectivity index (χ2n) is 3.37. The van der Waals surface area contributed by atoms with Gasteiger partial charge in [-0.3, -0.25) is 4.79 Å². The number of nitrogens with zero attached hydrogens (tertiary/aromatic N) is 1. The van der Waals surface area contributed by atoms with Crippen molar-refractivity contribution in [3.8, 4) is 17.4 Å². The largest absolute Gasteiger partial charge is 0.479 e. The van der Waals surface area contributed by atoms with E-state index >= 15 is 0 Å². The highest BCUT2D eigenvalue weighted by molar-refractivity contribution is 6.35. The van der Waals surface area contributed by atoms with Gasteiger partial charge in [0.25, 0.3) is 5.78 Å². The van der Waals surface area contributed by atoms with Gasteiger partial charge in [-0.05, 0) is 23.7 Å². The Morgan fingerprint density at radius 3 is 2.50 bits per heavy atom. The van der Waals surface area contributed by atoms with Crippen molar-refractivity contribution in [2.45, 2.75) is 5.38 Å². The maximum absolute atomic E-state index is 12.6.